The van der Waals surface area contributed by atoms with Crippen LogP contribution in [0.15, 0.2) is 10.9 Å². The fourth-order valence-corrected chi connectivity index (χ4v) is 2.58. The Labute approximate surface area is 106 Å². The molecule has 1 aliphatic carbocycles. The van der Waals surface area contributed by atoms with Crippen LogP contribution in [-0.4, -0.2) is 15.6 Å². The lowest BCUT2D eigenvalue weighted by atomic mass is 10.0. The van der Waals surface area contributed by atoms with E-state index >= 15 is 0 Å². The number of rotatable bonds is 4. The normalized spacial score (nSPS) is 16.6. The summed E-state index contributed by atoms with van der Waals surface area (Å²) in [7, 11) is 0. The molecule has 1 N–H and O–H groups in total. The molecule has 1 saturated carbocycles. The minimum atomic E-state index is -0.958. The number of carboxylic acid groups (broad SMARTS) is 1. The molecule has 1 fully saturated rings. The van der Waals surface area contributed by atoms with Crippen molar-refractivity contribution in [3.05, 3.63) is 33.2 Å². The minimum absolute atomic E-state index is 0.0882. The lowest BCUT2D eigenvalue weighted by molar-refractivity contribution is 0.0693. The quantitative estimate of drug-likeness (QED) is 0.891. The van der Waals surface area contributed by atoms with E-state index < -0.39 is 5.97 Å². The standard InChI is InChI=1S/C14H19NO3/c1-4-14(5-6-14)8-15-10(3)12(13(17)18)9(2)7-11(15)16/h7H,4-6,8H2,1-3H3,(H,17,18). The van der Waals surface area contributed by atoms with E-state index in [0.717, 1.165) is 19.3 Å². The first-order valence-electron chi connectivity index (χ1n) is 6.34. The van der Waals surface area contributed by atoms with Crippen molar-refractivity contribution in [2.24, 2.45) is 5.41 Å². The van der Waals surface area contributed by atoms with Gasteiger partial charge in [0, 0.05) is 18.3 Å². The van der Waals surface area contributed by atoms with E-state index in [4.69, 9.17) is 0 Å². The molecular formula is C14H19NO3. The Morgan fingerprint density at radius 2 is 2.06 bits per heavy atom. The van der Waals surface area contributed by atoms with Crippen LogP contribution in [0.3, 0.4) is 0 Å². The van der Waals surface area contributed by atoms with Crippen LogP contribution < -0.4 is 5.56 Å². The molecule has 0 bridgehead atoms. The molecule has 0 amide bonds. The molecule has 0 spiro atoms. The van der Waals surface area contributed by atoms with Crippen molar-refractivity contribution in [1.82, 2.24) is 4.57 Å². The number of hydrogen-bond donors (Lipinski definition) is 1. The summed E-state index contributed by atoms with van der Waals surface area (Å²) >= 11 is 0. The van der Waals surface area contributed by atoms with Crippen LogP contribution in [0.25, 0.3) is 0 Å². The molecule has 1 heterocycles. The highest BCUT2D eigenvalue weighted by molar-refractivity contribution is 5.90. The summed E-state index contributed by atoms with van der Waals surface area (Å²) in [5.74, 6) is -0.958. The molecule has 98 valence electrons. The van der Waals surface area contributed by atoms with Gasteiger partial charge in [-0.1, -0.05) is 6.92 Å². The van der Waals surface area contributed by atoms with Gasteiger partial charge in [-0.3, -0.25) is 4.79 Å². The predicted molar refractivity (Wildman–Crippen MR) is 69.1 cm³/mol. The fraction of sp³-hybridized carbons (Fsp3) is 0.571. The summed E-state index contributed by atoms with van der Waals surface area (Å²) in [5.41, 5.74) is 1.52. The second kappa shape index (κ2) is 4.26. The zero-order valence-corrected chi connectivity index (χ0v) is 11.1. The Balaban J connectivity index is 2.50. The van der Waals surface area contributed by atoms with Gasteiger partial charge in [-0.05, 0) is 44.1 Å². The maximum Gasteiger partial charge on any atom is 0.337 e. The monoisotopic (exact) mass is 249 g/mol. The van der Waals surface area contributed by atoms with E-state index in [1.807, 2.05) is 0 Å². The Bertz CT molecular complexity index is 553. The molecule has 0 aromatic carbocycles. The Kier molecular flexibility index (Phi) is 3.05. The lowest BCUT2D eigenvalue weighted by Crippen LogP contribution is -2.28. The van der Waals surface area contributed by atoms with E-state index in [2.05, 4.69) is 6.92 Å². The molecule has 2 rings (SSSR count). The number of carboxylic acids is 1. The molecule has 1 aromatic rings. The third kappa shape index (κ3) is 2.07. The molecular weight excluding hydrogens is 230 g/mol. The van der Waals surface area contributed by atoms with E-state index in [0.29, 0.717) is 17.8 Å². The van der Waals surface area contributed by atoms with Crippen LogP contribution in [0.1, 0.15) is 47.8 Å². The zero-order chi connectivity index (χ0) is 13.5. The van der Waals surface area contributed by atoms with Crippen LogP contribution in [0.5, 0.6) is 0 Å². The van der Waals surface area contributed by atoms with Crippen LogP contribution in [0, 0.1) is 19.3 Å². The molecule has 0 atom stereocenters. The van der Waals surface area contributed by atoms with Gasteiger partial charge in [0.25, 0.3) is 5.56 Å². The van der Waals surface area contributed by atoms with E-state index in [-0.39, 0.29) is 16.5 Å². The number of hydrogen-bond acceptors (Lipinski definition) is 2. The lowest BCUT2D eigenvalue weighted by Gasteiger charge is -2.19. The third-order valence-electron chi connectivity index (χ3n) is 4.18. The van der Waals surface area contributed by atoms with Crippen molar-refractivity contribution in [3.8, 4) is 0 Å². The third-order valence-corrected chi connectivity index (χ3v) is 4.18. The first-order chi connectivity index (χ1) is 8.40. The summed E-state index contributed by atoms with van der Waals surface area (Å²) < 4.78 is 1.63. The SMILES string of the molecule is CCC1(Cn2c(C)c(C(=O)O)c(C)cc2=O)CC1. The number of aromatic nitrogens is 1. The minimum Gasteiger partial charge on any atom is -0.478 e. The second-order valence-electron chi connectivity index (χ2n) is 5.37. The van der Waals surface area contributed by atoms with Gasteiger partial charge in [-0.15, -0.1) is 0 Å². The van der Waals surface area contributed by atoms with Crippen LogP contribution in [0.4, 0.5) is 0 Å². The average Bonchev–Trinajstić information content (AvgIpc) is 3.04. The maximum atomic E-state index is 12.0. The largest absolute Gasteiger partial charge is 0.478 e. The van der Waals surface area contributed by atoms with Gasteiger partial charge >= 0.3 is 5.97 Å². The summed E-state index contributed by atoms with van der Waals surface area (Å²) in [6.07, 6.45) is 3.30. The summed E-state index contributed by atoms with van der Waals surface area (Å²) in [4.78, 5) is 23.3. The molecule has 1 aromatic heterocycles. The summed E-state index contributed by atoms with van der Waals surface area (Å²) in [5, 5.41) is 9.22. The smallest absolute Gasteiger partial charge is 0.337 e. The molecule has 4 heteroatoms. The van der Waals surface area contributed by atoms with Gasteiger partial charge in [-0.2, -0.15) is 0 Å². The van der Waals surface area contributed by atoms with E-state index in [9.17, 15) is 14.7 Å². The molecule has 18 heavy (non-hydrogen) atoms. The molecule has 0 radical (unpaired) electrons. The van der Waals surface area contributed by atoms with Crippen molar-refractivity contribution < 1.29 is 9.90 Å². The summed E-state index contributed by atoms with van der Waals surface area (Å²) in [6.45, 7) is 6.17. The highest BCUT2D eigenvalue weighted by Crippen LogP contribution is 2.49. The fourth-order valence-electron chi connectivity index (χ4n) is 2.58. The van der Waals surface area contributed by atoms with Crippen LogP contribution in [0.2, 0.25) is 0 Å². The average molecular weight is 249 g/mol. The van der Waals surface area contributed by atoms with Crippen molar-refractivity contribution in [2.45, 2.75) is 46.6 Å². The van der Waals surface area contributed by atoms with E-state index in [1.165, 1.54) is 6.07 Å². The second-order valence-corrected chi connectivity index (χ2v) is 5.37. The first-order valence-corrected chi connectivity index (χ1v) is 6.34. The maximum absolute atomic E-state index is 12.0. The number of aromatic carboxylic acids is 1. The molecule has 4 nitrogen and oxygen atoms in total. The Morgan fingerprint density at radius 1 is 1.44 bits per heavy atom. The van der Waals surface area contributed by atoms with Crippen molar-refractivity contribution in [3.63, 3.8) is 0 Å². The predicted octanol–water partition coefficient (Wildman–Crippen LogP) is 2.35. The summed E-state index contributed by atoms with van der Waals surface area (Å²) in [6, 6.07) is 1.43. The van der Waals surface area contributed by atoms with Crippen LogP contribution >= 0.6 is 0 Å². The zero-order valence-electron chi connectivity index (χ0n) is 11.1. The van der Waals surface area contributed by atoms with Gasteiger partial charge in [0.05, 0.1) is 5.56 Å². The molecule has 1 aliphatic rings. The Morgan fingerprint density at radius 3 is 2.50 bits per heavy atom. The van der Waals surface area contributed by atoms with Gasteiger partial charge < -0.3 is 9.67 Å². The van der Waals surface area contributed by atoms with Crippen LogP contribution in [-0.2, 0) is 6.54 Å². The van der Waals surface area contributed by atoms with Gasteiger partial charge in [-0.25, -0.2) is 4.79 Å². The molecule has 0 unspecified atom stereocenters. The highest BCUT2D eigenvalue weighted by atomic mass is 16.4. The molecule has 0 aliphatic heterocycles. The number of nitrogens with zero attached hydrogens (tertiary/aromatic N) is 1. The van der Waals surface area contributed by atoms with Gasteiger partial charge in [0.2, 0.25) is 0 Å². The van der Waals surface area contributed by atoms with E-state index in [1.54, 1.807) is 18.4 Å². The van der Waals surface area contributed by atoms with Gasteiger partial charge in [0.1, 0.15) is 0 Å². The van der Waals surface area contributed by atoms with Crippen molar-refractivity contribution in [1.29, 1.82) is 0 Å². The topological polar surface area (TPSA) is 59.3 Å². The van der Waals surface area contributed by atoms with Crippen molar-refractivity contribution in [2.75, 3.05) is 0 Å². The highest BCUT2D eigenvalue weighted by Gasteiger charge is 2.41. The number of carbonyl (C=O) groups is 1. The van der Waals surface area contributed by atoms with Crippen molar-refractivity contribution >= 4 is 5.97 Å². The number of pyridine rings is 1. The van der Waals surface area contributed by atoms with Gasteiger partial charge in [0.15, 0.2) is 0 Å². The molecule has 0 saturated heterocycles. The Hall–Kier alpha value is -1.58. The first kappa shape index (κ1) is 12.9. The number of aryl methyl sites for hydroxylation is 1.